The van der Waals surface area contributed by atoms with E-state index in [1.54, 1.807) is 6.08 Å². The maximum absolute atomic E-state index is 10.4. The van der Waals surface area contributed by atoms with E-state index in [1.807, 2.05) is 0 Å². The summed E-state index contributed by atoms with van der Waals surface area (Å²) in [6, 6.07) is 0. The molecule has 1 rings (SSSR count). The van der Waals surface area contributed by atoms with Crippen LogP contribution in [0.1, 0.15) is 0 Å². The van der Waals surface area contributed by atoms with Gasteiger partial charge in [-0.25, -0.2) is 5.17 Å². The van der Waals surface area contributed by atoms with E-state index in [0.717, 1.165) is 4.53 Å². The van der Waals surface area contributed by atoms with Crippen LogP contribution in [-0.4, -0.2) is 4.53 Å². The van der Waals surface area contributed by atoms with Crippen LogP contribution in [0.4, 0.5) is 0 Å². The first kappa shape index (κ1) is 5.62. The summed E-state index contributed by atoms with van der Waals surface area (Å²) in [5.41, 5.74) is 0. The van der Waals surface area contributed by atoms with Gasteiger partial charge in [0.25, 0.3) is 0 Å². The molecule has 1 aliphatic heterocycles. The Balaban J connectivity index is 2.59. The summed E-state index contributed by atoms with van der Waals surface area (Å²) in [5, 5.41) is 10.1. The summed E-state index contributed by atoms with van der Waals surface area (Å²) in [5.74, 6) is 0. The lowest BCUT2D eigenvalue weighted by Gasteiger charge is -2.22. The van der Waals surface area contributed by atoms with E-state index in [-0.39, 0.29) is 5.17 Å². The molecule has 43 valence electrons. The Labute approximate surface area is 52.1 Å². The van der Waals surface area contributed by atoms with Gasteiger partial charge in [-0.15, -0.1) is 4.53 Å². The highest BCUT2D eigenvalue weighted by Crippen LogP contribution is 1.88. The minimum absolute atomic E-state index is 0.325. The molecule has 1 unspecified atom stereocenters. The van der Waals surface area contributed by atoms with Crippen molar-refractivity contribution < 1.29 is 5.17 Å². The van der Waals surface area contributed by atoms with Gasteiger partial charge in [0.05, 0.1) is 18.0 Å². The fraction of sp³-hybridized carbons (Fsp3) is 0. The second-order valence-corrected chi connectivity index (χ2v) is 1.63. The molecular formula is C4H4ClN2O. The molecule has 0 fully saturated rings. The summed E-state index contributed by atoms with van der Waals surface area (Å²) in [6.45, 7) is 0. The van der Waals surface area contributed by atoms with Gasteiger partial charge < -0.3 is 5.21 Å². The molecule has 1 radical (unpaired) electrons. The average Bonchev–Trinajstić information content (AvgIpc) is 1.77. The van der Waals surface area contributed by atoms with Crippen LogP contribution in [0.5, 0.6) is 0 Å². The highest BCUT2D eigenvalue weighted by atomic mass is 35.5. The minimum atomic E-state index is -0.325. The van der Waals surface area contributed by atoms with Gasteiger partial charge >= 0.3 is 0 Å². The highest BCUT2D eigenvalue weighted by molar-refractivity contribution is 6.13. The fourth-order valence-electron chi connectivity index (χ4n) is 0.367. The quantitative estimate of drug-likeness (QED) is 0.358. The molecule has 0 aromatic heterocycles. The largest absolute Gasteiger partial charge is 0.601 e. The van der Waals surface area contributed by atoms with Crippen LogP contribution in [0.3, 0.4) is 0 Å². The van der Waals surface area contributed by atoms with Crippen molar-refractivity contribution in [1.29, 1.82) is 0 Å². The van der Waals surface area contributed by atoms with Gasteiger partial charge in [0.1, 0.15) is 0 Å². The van der Waals surface area contributed by atoms with Crippen molar-refractivity contribution in [2.24, 2.45) is 0 Å². The number of halogens is 1. The Hall–Kier alpha value is -0.510. The smallest absolute Gasteiger partial charge is 0.221 e. The zero-order chi connectivity index (χ0) is 5.98. The van der Waals surface area contributed by atoms with Gasteiger partial charge in [0.2, 0.25) is 6.20 Å². The molecule has 4 heteroatoms. The summed E-state index contributed by atoms with van der Waals surface area (Å²) < 4.78 is 0.944. The minimum Gasteiger partial charge on any atom is -0.601 e. The highest BCUT2D eigenvalue weighted by Gasteiger charge is 2.01. The Morgan fingerprint density at radius 2 is 2.50 bits per heavy atom. The normalized spacial score (nSPS) is 26.8. The molecule has 0 bridgehead atoms. The van der Waals surface area contributed by atoms with Gasteiger partial charge in [-0.2, -0.15) is 0 Å². The van der Waals surface area contributed by atoms with Crippen molar-refractivity contribution >= 4 is 11.8 Å². The lowest BCUT2D eigenvalue weighted by atomic mass is 10.5. The van der Waals surface area contributed by atoms with Gasteiger partial charge in [-0.1, -0.05) is 0 Å². The van der Waals surface area contributed by atoms with E-state index in [2.05, 4.69) is 6.20 Å². The van der Waals surface area contributed by atoms with Crippen molar-refractivity contribution in [3.8, 4) is 0 Å². The standard InChI is InChI=1S/C4H4ClN2O/c5-6-3-1-2-4-7(6)8/h1-3,7H. The van der Waals surface area contributed by atoms with Crippen molar-refractivity contribution in [2.45, 2.75) is 0 Å². The number of hydrogen-bond donors (Lipinski definition) is 1. The van der Waals surface area contributed by atoms with E-state index in [9.17, 15) is 5.21 Å². The molecule has 3 nitrogen and oxygen atoms in total. The number of nitrogens with one attached hydrogen (secondary N) is 1. The van der Waals surface area contributed by atoms with Crippen LogP contribution in [0.2, 0.25) is 0 Å². The van der Waals surface area contributed by atoms with E-state index in [4.69, 9.17) is 11.8 Å². The Bertz CT molecular complexity index is 118. The summed E-state index contributed by atoms with van der Waals surface area (Å²) >= 11 is 5.28. The molecule has 0 aromatic rings. The number of rotatable bonds is 0. The maximum Gasteiger partial charge on any atom is 0.221 e. The van der Waals surface area contributed by atoms with Crippen LogP contribution < -0.4 is 5.17 Å². The van der Waals surface area contributed by atoms with Crippen LogP contribution in [-0.2, 0) is 0 Å². The van der Waals surface area contributed by atoms with Crippen molar-refractivity contribution in [3.63, 3.8) is 0 Å². The van der Waals surface area contributed by atoms with Gasteiger partial charge in [0, 0.05) is 6.08 Å². The van der Waals surface area contributed by atoms with Crippen LogP contribution in [0.15, 0.2) is 18.4 Å². The predicted octanol–water partition coefficient (Wildman–Crippen LogP) is -0.416. The van der Waals surface area contributed by atoms with E-state index < -0.39 is 0 Å². The third-order valence-corrected chi connectivity index (χ3v) is 0.980. The first-order valence-electron chi connectivity index (χ1n) is 2.06. The van der Waals surface area contributed by atoms with Gasteiger partial charge in [-0.05, 0) is 6.08 Å². The number of allylic oxidation sites excluding steroid dienone is 2. The lowest BCUT2D eigenvalue weighted by Crippen LogP contribution is -3.07. The van der Waals surface area contributed by atoms with E-state index in [0.29, 0.717) is 0 Å². The predicted molar refractivity (Wildman–Crippen MR) is 29.0 cm³/mol. The molecule has 1 N–H and O–H groups in total. The molecule has 0 aliphatic carbocycles. The topological polar surface area (TPSA) is 30.7 Å². The SMILES string of the molecule is [O-][NH+]1[C]=CC=CN1Cl. The first-order valence-corrected chi connectivity index (χ1v) is 2.40. The van der Waals surface area contributed by atoms with E-state index in [1.165, 1.54) is 12.3 Å². The summed E-state index contributed by atoms with van der Waals surface area (Å²) in [7, 11) is 0. The maximum atomic E-state index is 10.4. The first-order chi connectivity index (χ1) is 3.80. The van der Waals surface area contributed by atoms with Crippen molar-refractivity contribution in [3.05, 3.63) is 29.8 Å². The molecule has 1 heterocycles. The zero-order valence-corrected chi connectivity index (χ0v) is 4.72. The van der Waals surface area contributed by atoms with Crippen LogP contribution in [0, 0.1) is 11.4 Å². The number of nitrogens with zero attached hydrogens (tertiary/aromatic N) is 1. The number of hydroxylamine groups is 1. The summed E-state index contributed by atoms with van der Waals surface area (Å²) in [6.07, 6.45) is 6.98. The van der Waals surface area contributed by atoms with E-state index >= 15 is 0 Å². The number of hydrogen-bond acceptors (Lipinski definition) is 2. The lowest BCUT2D eigenvalue weighted by molar-refractivity contribution is -0.906. The second-order valence-electron chi connectivity index (χ2n) is 1.27. The molecule has 0 amide bonds. The molecule has 0 saturated heterocycles. The number of quaternary nitrogens is 1. The van der Waals surface area contributed by atoms with Crippen molar-refractivity contribution in [2.75, 3.05) is 0 Å². The molecule has 0 saturated carbocycles. The fourth-order valence-corrected chi connectivity index (χ4v) is 0.481. The van der Waals surface area contributed by atoms with Crippen molar-refractivity contribution in [1.82, 2.24) is 4.53 Å². The molecule has 1 atom stereocenters. The molecular weight excluding hydrogens is 128 g/mol. The van der Waals surface area contributed by atoms with Gasteiger partial charge in [0.15, 0.2) is 0 Å². The second kappa shape index (κ2) is 2.17. The average molecular weight is 132 g/mol. The van der Waals surface area contributed by atoms with Gasteiger partial charge in [-0.3, -0.25) is 0 Å². The molecule has 1 aliphatic rings. The molecule has 0 aromatic carbocycles. The molecule has 8 heavy (non-hydrogen) atoms. The zero-order valence-electron chi connectivity index (χ0n) is 3.97. The third kappa shape index (κ3) is 1.01. The Morgan fingerprint density at radius 3 is 2.88 bits per heavy atom. The summed E-state index contributed by atoms with van der Waals surface area (Å²) in [4.78, 5) is 0. The Morgan fingerprint density at radius 1 is 1.75 bits per heavy atom. The van der Waals surface area contributed by atoms with Crippen LogP contribution in [0.25, 0.3) is 0 Å². The molecule has 0 spiro atoms. The third-order valence-electron chi connectivity index (χ3n) is 0.714. The Kier molecular flexibility index (Phi) is 1.53. The monoisotopic (exact) mass is 131 g/mol. The van der Waals surface area contributed by atoms with Crippen LogP contribution >= 0.6 is 11.8 Å².